The standard InChI is InChI=1S/C14H28N2/c1-5-9-13(7-3)15-11-12-16-14(8-4)10-6-2/h11-14H,5-10H2,1-4H3. The highest BCUT2D eigenvalue weighted by Gasteiger charge is 2.00. The van der Waals surface area contributed by atoms with Gasteiger partial charge in [0.05, 0.1) is 0 Å². The SMILES string of the molecule is CCCC(CC)N=CC=NC(CC)CCC. The fourth-order valence-electron chi connectivity index (χ4n) is 1.75. The minimum Gasteiger partial charge on any atom is -0.288 e. The van der Waals surface area contributed by atoms with Crippen LogP contribution in [-0.2, 0) is 0 Å². The first-order chi connectivity index (χ1) is 7.78. The van der Waals surface area contributed by atoms with E-state index in [1.807, 2.05) is 12.4 Å². The van der Waals surface area contributed by atoms with Crippen molar-refractivity contribution >= 4 is 12.4 Å². The van der Waals surface area contributed by atoms with Gasteiger partial charge in [-0.2, -0.15) is 0 Å². The van der Waals surface area contributed by atoms with Crippen LogP contribution in [0, 0.1) is 0 Å². The highest BCUT2D eigenvalue weighted by molar-refractivity contribution is 6.16. The predicted octanol–water partition coefficient (Wildman–Crippen LogP) is 4.29. The van der Waals surface area contributed by atoms with Gasteiger partial charge >= 0.3 is 0 Å². The molecule has 0 saturated carbocycles. The van der Waals surface area contributed by atoms with Crippen LogP contribution in [0.15, 0.2) is 9.98 Å². The van der Waals surface area contributed by atoms with Gasteiger partial charge in [0.2, 0.25) is 0 Å². The van der Waals surface area contributed by atoms with Crippen LogP contribution in [0.4, 0.5) is 0 Å². The van der Waals surface area contributed by atoms with Crippen LogP contribution in [0.2, 0.25) is 0 Å². The van der Waals surface area contributed by atoms with E-state index in [2.05, 4.69) is 37.7 Å². The second-order valence-corrected chi connectivity index (χ2v) is 4.30. The lowest BCUT2D eigenvalue weighted by Crippen LogP contribution is -2.04. The van der Waals surface area contributed by atoms with Crippen molar-refractivity contribution < 1.29 is 0 Å². The quantitative estimate of drug-likeness (QED) is 0.522. The van der Waals surface area contributed by atoms with Crippen molar-refractivity contribution in [3.8, 4) is 0 Å². The van der Waals surface area contributed by atoms with Gasteiger partial charge in [0.25, 0.3) is 0 Å². The summed E-state index contributed by atoms with van der Waals surface area (Å²) < 4.78 is 0. The number of nitrogens with zero attached hydrogens (tertiary/aromatic N) is 2. The molecule has 0 bridgehead atoms. The molecule has 0 aromatic heterocycles. The Morgan fingerprint density at radius 1 is 0.750 bits per heavy atom. The van der Waals surface area contributed by atoms with Crippen molar-refractivity contribution in [3.05, 3.63) is 0 Å². The molecule has 16 heavy (non-hydrogen) atoms. The Hall–Kier alpha value is -0.660. The zero-order valence-corrected chi connectivity index (χ0v) is 11.4. The molecule has 2 unspecified atom stereocenters. The maximum Gasteiger partial charge on any atom is 0.0497 e. The monoisotopic (exact) mass is 224 g/mol. The Morgan fingerprint density at radius 2 is 1.12 bits per heavy atom. The molecule has 0 aromatic rings. The average molecular weight is 224 g/mol. The Morgan fingerprint density at radius 3 is 1.38 bits per heavy atom. The highest BCUT2D eigenvalue weighted by atomic mass is 14.8. The minimum atomic E-state index is 0.489. The van der Waals surface area contributed by atoms with Crippen molar-refractivity contribution in [2.24, 2.45) is 9.98 Å². The molecular weight excluding hydrogens is 196 g/mol. The van der Waals surface area contributed by atoms with E-state index in [4.69, 9.17) is 0 Å². The van der Waals surface area contributed by atoms with Crippen LogP contribution in [0.5, 0.6) is 0 Å². The summed E-state index contributed by atoms with van der Waals surface area (Å²) in [6, 6.07) is 0.977. The Bertz CT molecular complexity index is 175. The third-order valence-corrected chi connectivity index (χ3v) is 2.85. The third kappa shape index (κ3) is 7.61. The molecule has 0 amide bonds. The van der Waals surface area contributed by atoms with E-state index in [0.717, 1.165) is 12.8 Å². The molecule has 94 valence electrons. The van der Waals surface area contributed by atoms with Gasteiger partial charge in [0.15, 0.2) is 0 Å². The van der Waals surface area contributed by atoms with Crippen LogP contribution in [0.1, 0.15) is 66.2 Å². The van der Waals surface area contributed by atoms with E-state index in [0.29, 0.717) is 12.1 Å². The third-order valence-electron chi connectivity index (χ3n) is 2.85. The fourth-order valence-corrected chi connectivity index (χ4v) is 1.75. The van der Waals surface area contributed by atoms with E-state index in [-0.39, 0.29) is 0 Å². The van der Waals surface area contributed by atoms with Crippen molar-refractivity contribution in [1.29, 1.82) is 0 Å². The van der Waals surface area contributed by atoms with E-state index in [1.54, 1.807) is 0 Å². The normalized spacial score (nSPS) is 16.0. The van der Waals surface area contributed by atoms with E-state index < -0.39 is 0 Å². The van der Waals surface area contributed by atoms with E-state index in [9.17, 15) is 0 Å². The molecule has 0 aromatic carbocycles. The van der Waals surface area contributed by atoms with Crippen molar-refractivity contribution in [3.63, 3.8) is 0 Å². The molecule has 0 spiro atoms. The molecule has 0 saturated heterocycles. The number of aliphatic imine (C=N–C) groups is 2. The van der Waals surface area contributed by atoms with Crippen molar-refractivity contribution in [1.82, 2.24) is 0 Å². The number of rotatable bonds is 9. The zero-order chi connectivity index (χ0) is 12.2. The summed E-state index contributed by atoms with van der Waals surface area (Å²) in [5.74, 6) is 0. The lowest BCUT2D eigenvalue weighted by atomic mass is 10.1. The van der Waals surface area contributed by atoms with Crippen molar-refractivity contribution in [2.45, 2.75) is 78.3 Å². The van der Waals surface area contributed by atoms with Gasteiger partial charge in [-0.15, -0.1) is 0 Å². The molecule has 0 aliphatic carbocycles. The molecule has 0 N–H and O–H groups in total. The summed E-state index contributed by atoms with van der Waals surface area (Å²) >= 11 is 0. The summed E-state index contributed by atoms with van der Waals surface area (Å²) in [6.45, 7) is 8.81. The molecule has 2 nitrogen and oxygen atoms in total. The Kier molecular flexibility index (Phi) is 10.4. The first-order valence-electron chi connectivity index (χ1n) is 6.83. The topological polar surface area (TPSA) is 24.7 Å². The molecule has 0 rings (SSSR count). The fraction of sp³-hybridized carbons (Fsp3) is 0.857. The molecule has 0 aliphatic rings. The van der Waals surface area contributed by atoms with Gasteiger partial charge in [-0.3, -0.25) is 9.98 Å². The molecule has 0 fully saturated rings. The molecule has 0 heterocycles. The summed E-state index contributed by atoms with van der Waals surface area (Å²) in [6.07, 6.45) is 10.8. The summed E-state index contributed by atoms with van der Waals surface area (Å²) in [4.78, 5) is 9.05. The van der Waals surface area contributed by atoms with Gasteiger partial charge in [-0.1, -0.05) is 40.5 Å². The molecule has 2 atom stereocenters. The first kappa shape index (κ1) is 15.3. The summed E-state index contributed by atoms with van der Waals surface area (Å²) in [5.41, 5.74) is 0. The summed E-state index contributed by atoms with van der Waals surface area (Å²) in [7, 11) is 0. The van der Waals surface area contributed by atoms with Crippen LogP contribution in [0.25, 0.3) is 0 Å². The largest absolute Gasteiger partial charge is 0.288 e. The van der Waals surface area contributed by atoms with E-state index in [1.165, 1.54) is 25.7 Å². The van der Waals surface area contributed by atoms with Crippen molar-refractivity contribution in [2.75, 3.05) is 0 Å². The number of hydrogen-bond acceptors (Lipinski definition) is 2. The average Bonchev–Trinajstić information content (AvgIpc) is 2.31. The molecular formula is C14H28N2. The van der Waals surface area contributed by atoms with Gasteiger partial charge in [0.1, 0.15) is 0 Å². The lowest BCUT2D eigenvalue weighted by Gasteiger charge is -2.07. The molecule has 0 radical (unpaired) electrons. The second-order valence-electron chi connectivity index (χ2n) is 4.30. The first-order valence-corrected chi connectivity index (χ1v) is 6.83. The van der Waals surface area contributed by atoms with Gasteiger partial charge in [-0.05, 0) is 25.7 Å². The van der Waals surface area contributed by atoms with Crippen LogP contribution in [0.3, 0.4) is 0 Å². The van der Waals surface area contributed by atoms with Gasteiger partial charge in [0, 0.05) is 24.5 Å². The number of hydrogen-bond donors (Lipinski definition) is 0. The summed E-state index contributed by atoms with van der Waals surface area (Å²) in [5, 5.41) is 0. The van der Waals surface area contributed by atoms with Crippen LogP contribution >= 0.6 is 0 Å². The molecule has 0 aliphatic heterocycles. The Balaban J connectivity index is 3.98. The van der Waals surface area contributed by atoms with Gasteiger partial charge in [-0.25, -0.2) is 0 Å². The van der Waals surface area contributed by atoms with Gasteiger partial charge < -0.3 is 0 Å². The second kappa shape index (κ2) is 10.8. The minimum absolute atomic E-state index is 0.489. The smallest absolute Gasteiger partial charge is 0.0497 e. The van der Waals surface area contributed by atoms with Crippen LogP contribution in [-0.4, -0.2) is 24.5 Å². The highest BCUT2D eigenvalue weighted by Crippen LogP contribution is 2.06. The van der Waals surface area contributed by atoms with Crippen LogP contribution < -0.4 is 0 Å². The maximum atomic E-state index is 4.52. The lowest BCUT2D eigenvalue weighted by molar-refractivity contribution is 0.589. The predicted molar refractivity (Wildman–Crippen MR) is 75.0 cm³/mol. The maximum absolute atomic E-state index is 4.52. The van der Waals surface area contributed by atoms with E-state index >= 15 is 0 Å². The Labute approximate surface area is 101 Å². The molecule has 2 heteroatoms. The zero-order valence-electron chi connectivity index (χ0n) is 11.4.